The second-order valence-electron chi connectivity index (χ2n) is 6.73. The molecular formula is C22H23N3OS2. The largest absolute Gasteiger partial charge is 0.349 e. The van der Waals surface area contributed by atoms with Crippen LogP contribution in [-0.4, -0.2) is 27.4 Å². The Balaban J connectivity index is 1.47. The molecule has 4 rings (SSSR count). The second-order valence-corrected chi connectivity index (χ2v) is 9.45. The number of benzene rings is 2. The summed E-state index contributed by atoms with van der Waals surface area (Å²) >= 11 is 3.99. The van der Waals surface area contributed by atoms with Crippen LogP contribution in [0.5, 0.6) is 0 Å². The fourth-order valence-electron chi connectivity index (χ4n) is 3.25. The van der Waals surface area contributed by atoms with E-state index in [0.29, 0.717) is 16.6 Å². The minimum atomic E-state index is -0.135. The van der Waals surface area contributed by atoms with Gasteiger partial charge in [0.1, 0.15) is 5.82 Å². The van der Waals surface area contributed by atoms with Crippen molar-refractivity contribution in [1.82, 2.24) is 15.3 Å². The summed E-state index contributed by atoms with van der Waals surface area (Å²) in [5, 5.41) is 3.18. The summed E-state index contributed by atoms with van der Waals surface area (Å²) in [6.07, 6.45) is 5.44. The van der Waals surface area contributed by atoms with Gasteiger partial charge in [0.15, 0.2) is 0 Å². The number of hydrogen-bond acceptors (Lipinski definition) is 4. The number of carbonyl (C=O) groups excluding carboxylic acids is 1. The first-order chi connectivity index (χ1) is 13.8. The molecule has 3 aromatic rings. The number of imidazole rings is 1. The molecule has 2 aromatic carbocycles. The lowest BCUT2D eigenvalue weighted by molar-refractivity contribution is 0.0936. The van der Waals surface area contributed by atoms with Crippen LogP contribution in [0.25, 0.3) is 0 Å². The number of nitrogens with zero attached hydrogens (tertiary/aromatic N) is 1. The quantitative estimate of drug-likeness (QED) is 0.602. The predicted octanol–water partition coefficient (Wildman–Crippen LogP) is 4.99. The number of H-pyrrole nitrogens is 1. The van der Waals surface area contributed by atoms with Crippen LogP contribution < -0.4 is 5.32 Å². The normalized spacial score (nSPS) is 15.9. The molecule has 1 fully saturated rings. The number of carbonyl (C=O) groups is 1. The standard InChI is InChI=1S/C22H23N3OS2/c26-21(17-7-9-18(10-8-17)22-27-13-4-14-28-22)25-19(15-20-23-11-12-24-20)16-5-2-1-3-6-16/h1-3,5-12,19,22H,4,13-15H2,(H,23,24)(H,25,26). The van der Waals surface area contributed by atoms with E-state index in [2.05, 4.69) is 27.4 Å². The summed E-state index contributed by atoms with van der Waals surface area (Å²) < 4.78 is 0.488. The summed E-state index contributed by atoms with van der Waals surface area (Å²) in [6.45, 7) is 0. The summed E-state index contributed by atoms with van der Waals surface area (Å²) in [4.78, 5) is 20.3. The van der Waals surface area contributed by atoms with E-state index in [-0.39, 0.29) is 11.9 Å². The fraction of sp³-hybridized carbons (Fsp3) is 0.273. The van der Waals surface area contributed by atoms with Gasteiger partial charge in [-0.15, -0.1) is 23.5 Å². The average Bonchev–Trinajstić information content (AvgIpc) is 3.28. The zero-order chi connectivity index (χ0) is 19.2. The van der Waals surface area contributed by atoms with Crippen LogP contribution >= 0.6 is 23.5 Å². The zero-order valence-corrected chi connectivity index (χ0v) is 17.1. The molecule has 28 heavy (non-hydrogen) atoms. The summed E-state index contributed by atoms with van der Waals surface area (Å²) in [7, 11) is 0. The number of rotatable bonds is 6. The minimum Gasteiger partial charge on any atom is -0.349 e. The Hall–Kier alpha value is -2.18. The van der Waals surface area contributed by atoms with Gasteiger partial charge in [0.2, 0.25) is 0 Å². The summed E-state index contributed by atoms with van der Waals surface area (Å²) in [5.41, 5.74) is 3.05. The number of aromatic amines is 1. The molecular weight excluding hydrogens is 386 g/mol. The van der Waals surface area contributed by atoms with Crippen LogP contribution in [0.2, 0.25) is 0 Å². The summed E-state index contributed by atoms with van der Waals surface area (Å²) in [5.74, 6) is 3.23. The molecule has 1 aliphatic heterocycles. The molecule has 0 saturated carbocycles. The maximum Gasteiger partial charge on any atom is 0.251 e. The Morgan fingerprint density at radius 1 is 1.11 bits per heavy atom. The molecule has 4 nitrogen and oxygen atoms in total. The van der Waals surface area contributed by atoms with E-state index in [9.17, 15) is 4.79 Å². The van der Waals surface area contributed by atoms with E-state index in [0.717, 1.165) is 11.4 Å². The number of aromatic nitrogens is 2. The topological polar surface area (TPSA) is 57.8 Å². The van der Waals surface area contributed by atoms with Gasteiger partial charge in [0.25, 0.3) is 5.91 Å². The molecule has 1 aliphatic rings. The third kappa shape index (κ3) is 4.80. The van der Waals surface area contributed by atoms with Crippen molar-refractivity contribution in [2.75, 3.05) is 11.5 Å². The second kappa shape index (κ2) is 9.34. The van der Waals surface area contributed by atoms with Crippen molar-refractivity contribution >= 4 is 29.4 Å². The Morgan fingerprint density at radius 2 is 1.86 bits per heavy atom. The molecule has 1 amide bonds. The van der Waals surface area contributed by atoms with E-state index in [1.54, 1.807) is 12.4 Å². The molecule has 144 valence electrons. The maximum atomic E-state index is 12.9. The van der Waals surface area contributed by atoms with Crippen molar-refractivity contribution in [3.63, 3.8) is 0 Å². The monoisotopic (exact) mass is 409 g/mol. The molecule has 1 aromatic heterocycles. The average molecular weight is 410 g/mol. The van der Waals surface area contributed by atoms with Gasteiger partial charge in [0, 0.05) is 24.4 Å². The minimum absolute atomic E-state index is 0.0593. The van der Waals surface area contributed by atoms with E-state index in [1.807, 2.05) is 66.0 Å². The van der Waals surface area contributed by atoms with Crippen molar-refractivity contribution in [2.24, 2.45) is 0 Å². The Morgan fingerprint density at radius 3 is 2.54 bits per heavy atom. The lowest BCUT2D eigenvalue weighted by atomic mass is 10.0. The number of nitrogens with one attached hydrogen (secondary N) is 2. The van der Waals surface area contributed by atoms with Crippen molar-refractivity contribution < 1.29 is 4.79 Å². The first-order valence-electron chi connectivity index (χ1n) is 9.47. The van der Waals surface area contributed by atoms with Crippen LogP contribution in [0.3, 0.4) is 0 Å². The molecule has 1 atom stereocenters. The van der Waals surface area contributed by atoms with Gasteiger partial charge in [-0.3, -0.25) is 4.79 Å². The third-order valence-corrected chi connectivity index (χ3v) is 7.75. The van der Waals surface area contributed by atoms with Crippen LogP contribution in [-0.2, 0) is 6.42 Å². The van der Waals surface area contributed by atoms with E-state index >= 15 is 0 Å². The fourth-order valence-corrected chi connectivity index (χ4v) is 6.15. The highest BCUT2D eigenvalue weighted by molar-refractivity contribution is 8.16. The van der Waals surface area contributed by atoms with E-state index < -0.39 is 0 Å². The highest BCUT2D eigenvalue weighted by Crippen LogP contribution is 2.43. The Bertz CT molecular complexity index is 876. The van der Waals surface area contributed by atoms with Crippen molar-refractivity contribution in [3.05, 3.63) is 89.5 Å². The van der Waals surface area contributed by atoms with Crippen LogP contribution in [0, 0.1) is 0 Å². The molecule has 0 radical (unpaired) electrons. The van der Waals surface area contributed by atoms with Crippen LogP contribution in [0.15, 0.2) is 67.0 Å². The molecule has 0 bridgehead atoms. The maximum absolute atomic E-state index is 12.9. The van der Waals surface area contributed by atoms with Gasteiger partial charge in [-0.2, -0.15) is 0 Å². The number of hydrogen-bond donors (Lipinski definition) is 2. The molecule has 2 N–H and O–H groups in total. The van der Waals surface area contributed by atoms with E-state index in [1.165, 1.54) is 23.5 Å². The number of amides is 1. The zero-order valence-electron chi connectivity index (χ0n) is 15.5. The first-order valence-corrected chi connectivity index (χ1v) is 11.6. The van der Waals surface area contributed by atoms with Gasteiger partial charge in [-0.25, -0.2) is 4.98 Å². The smallest absolute Gasteiger partial charge is 0.251 e. The Labute approximate surface area is 173 Å². The van der Waals surface area contributed by atoms with Crippen LogP contribution in [0.1, 0.15) is 44.4 Å². The molecule has 2 heterocycles. The van der Waals surface area contributed by atoms with Gasteiger partial charge >= 0.3 is 0 Å². The van der Waals surface area contributed by atoms with Gasteiger partial charge in [0.05, 0.1) is 10.6 Å². The van der Waals surface area contributed by atoms with Crippen molar-refractivity contribution in [2.45, 2.75) is 23.5 Å². The number of thioether (sulfide) groups is 2. The highest BCUT2D eigenvalue weighted by atomic mass is 32.2. The summed E-state index contributed by atoms with van der Waals surface area (Å²) in [6, 6.07) is 18.0. The van der Waals surface area contributed by atoms with E-state index in [4.69, 9.17) is 0 Å². The molecule has 0 spiro atoms. The molecule has 1 saturated heterocycles. The van der Waals surface area contributed by atoms with Crippen molar-refractivity contribution in [3.8, 4) is 0 Å². The highest BCUT2D eigenvalue weighted by Gasteiger charge is 2.19. The van der Waals surface area contributed by atoms with Crippen LogP contribution in [0.4, 0.5) is 0 Å². The lowest BCUT2D eigenvalue weighted by Crippen LogP contribution is -2.30. The predicted molar refractivity (Wildman–Crippen MR) is 118 cm³/mol. The first kappa shape index (κ1) is 19.2. The molecule has 6 heteroatoms. The molecule has 0 aliphatic carbocycles. The van der Waals surface area contributed by atoms with Gasteiger partial charge in [-0.05, 0) is 41.2 Å². The Kier molecular flexibility index (Phi) is 6.39. The van der Waals surface area contributed by atoms with Gasteiger partial charge in [-0.1, -0.05) is 42.5 Å². The lowest BCUT2D eigenvalue weighted by Gasteiger charge is -2.21. The molecule has 1 unspecified atom stereocenters. The van der Waals surface area contributed by atoms with Crippen molar-refractivity contribution in [1.29, 1.82) is 0 Å². The SMILES string of the molecule is O=C(NC(Cc1ncc[nH]1)c1ccccc1)c1ccc(C2SCCCS2)cc1. The van der Waals surface area contributed by atoms with Gasteiger partial charge < -0.3 is 10.3 Å². The third-order valence-electron chi connectivity index (χ3n) is 4.73.